The van der Waals surface area contributed by atoms with Crippen LogP contribution < -0.4 is 21.3 Å². The minimum atomic E-state index is -2.27. The van der Waals surface area contributed by atoms with Crippen molar-refractivity contribution in [1.29, 1.82) is 0 Å². The van der Waals surface area contributed by atoms with E-state index in [0.29, 0.717) is 34.0 Å². The summed E-state index contributed by atoms with van der Waals surface area (Å²) in [7, 11) is 2.07. The van der Waals surface area contributed by atoms with E-state index in [1.165, 1.54) is 25.1 Å². The van der Waals surface area contributed by atoms with E-state index in [1.54, 1.807) is 32.0 Å². The molecule has 4 aromatic heterocycles. The lowest BCUT2D eigenvalue weighted by Gasteiger charge is -2.44. The maximum Gasteiger partial charge on any atom is 0.235 e. The lowest BCUT2D eigenvalue weighted by molar-refractivity contribution is -0.123. The van der Waals surface area contributed by atoms with Crippen LogP contribution in [0.3, 0.4) is 0 Å². The summed E-state index contributed by atoms with van der Waals surface area (Å²) in [6.07, 6.45) is 0.0484. The van der Waals surface area contributed by atoms with Crippen molar-refractivity contribution in [1.82, 2.24) is 49.7 Å². The summed E-state index contributed by atoms with van der Waals surface area (Å²) in [4.78, 5) is 50.9. The summed E-state index contributed by atoms with van der Waals surface area (Å²) in [5.74, 6) is 0.584. The fraction of sp³-hybridized carbons (Fsp3) is 0.667. The molecule has 6 rings (SSSR count). The number of carbonyl (C=O) groups is 2. The monoisotopic (exact) mass is 944 g/mol. The number of amides is 2. The van der Waals surface area contributed by atoms with Crippen molar-refractivity contribution in [3.8, 4) is 0 Å². The first-order valence-electron chi connectivity index (χ1n) is 19.4. The molecule has 8 unspecified atom stereocenters. The molecule has 0 aromatic carbocycles. The van der Waals surface area contributed by atoms with Crippen LogP contribution in [-0.4, -0.2) is 141 Å². The number of anilines is 2. The molecule has 24 heteroatoms. The molecular weight excluding hydrogens is 888 g/mol. The third-order valence-corrected chi connectivity index (χ3v) is 24.1. The van der Waals surface area contributed by atoms with Gasteiger partial charge >= 0.3 is 0 Å². The Hall–Kier alpha value is -2.81. The number of imidazole rings is 2. The van der Waals surface area contributed by atoms with Crippen molar-refractivity contribution < 1.29 is 28.7 Å². The van der Waals surface area contributed by atoms with Gasteiger partial charge in [-0.25, -0.2) is 9.97 Å². The van der Waals surface area contributed by atoms with Crippen LogP contribution in [0, 0.1) is 0 Å². The highest BCUT2D eigenvalue weighted by atomic mass is 35.5. The molecule has 60 heavy (non-hydrogen) atoms. The SMILES string of the molecule is CNC(=O)C1SC(n2cnc3c(NC)nc(Cl)nc32)C(O)C1O.CNC(=O)C1SC(n2cnc3c(NC)nc(Cl)nc32)C(O[Si](C)(C)C(C)(C)C)C1O[Si](C)(C)C(C)(C)C. The zero-order valence-corrected chi connectivity index (χ0v) is 41.6. The normalized spacial score (nSPS) is 25.0. The van der Waals surface area contributed by atoms with Gasteiger partial charge in [0.15, 0.2) is 50.6 Å². The van der Waals surface area contributed by atoms with Gasteiger partial charge in [0.05, 0.1) is 18.8 Å². The minimum absolute atomic E-state index is 0.0311. The van der Waals surface area contributed by atoms with Crippen LogP contribution in [0.5, 0.6) is 0 Å². The number of hydrogen-bond donors (Lipinski definition) is 6. The number of carbonyl (C=O) groups excluding carboxylic acids is 2. The summed E-state index contributed by atoms with van der Waals surface area (Å²) >= 11 is 14.9. The molecule has 2 amide bonds. The molecular formula is C36H58Cl2N12O6S2Si2. The predicted octanol–water partition coefficient (Wildman–Crippen LogP) is 5.27. The lowest BCUT2D eigenvalue weighted by atomic mass is 10.1. The Morgan fingerprint density at radius 2 is 1.07 bits per heavy atom. The molecule has 332 valence electrons. The molecule has 8 atom stereocenters. The Bertz CT molecular complexity index is 2200. The summed E-state index contributed by atoms with van der Waals surface area (Å²) in [5.41, 5.74) is 2.11. The average Bonchev–Trinajstić information content (AvgIpc) is 3.93. The molecule has 4 aromatic rings. The highest BCUT2D eigenvalue weighted by molar-refractivity contribution is 8.01. The molecule has 0 radical (unpaired) electrons. The number of aliphatic hydroxyl groups excluding tert-OH is 2. The Balaban J connectivity index is 0.000000253. The van der Waals surface area contributed by atoms with E-state index in [4.69, 9.17) is 32.1 Å². The second-order valence-electron chi connectivity index (χ2n) is 17.6. The second-order valence-corrected chi connectivity index (χ2v) is 30.3. The Morgan fingerprint density at radius 1 is 0.667 bits per heavy atom. The number of nitrogens with zero attached hydrogens (tertiary/aromatic N) is 8. The first-order chi connectivity index (χ1) is 27.8. The summed E-state index contributed by atoms with van der Waals surface area (Å²) < 4.78 is 17.7. The highest BCUT2D eigenvalue weighted by Gasteiger charge is 2.56. The van der Waals surface area contributed by atoms with Gasteiger partial charge in [-0.05, 0) is 59.5 Å². The van der Waals surface area contributed by atoms with Gasteiger partial charge in [-0.2, -0.15) is 19.9 Å². The summed E-state index contributed by atoms with van der Waals surface area (Å²) in [6.45, 7) is 22.2. The highest BCUT2D eigenvalue weighted by Crippen LogP contribution is 2.52. The van der Waals surface area contributed by atoms with Gasteiger partial charge in [0.1, 0.15) is 39.6 Å². The van der Waals surface area contributed by atoms with Gasteiger partial charge < -0.3 is 40.3 Å². The first kappa shape index (κ1) is 48.2. The molecule has 2 saturated heterocycles. The van der Waals surface area contributed by atoms with E-state index in [2.05, 4.69) is 119 Å². The van der Waals surface area contributed by atoms with Crippen LogP contribution in [0.4, 0.5) is 11.6 Å². The van der Waals surface area contributed by atoms with Crippen molar-refractivity contribution in [2.75, 3.05) is 38.8 Å². The largest absolute Gasteiger partial charge is 0.410 e. The topological polar surface area (TPSA) is 228 Å². The number of aromatic nitrogens is 8. The van der Waals surface area contributed by atoms with Crippen LogP contribution in [-0.2, 0) is 18.4 Å². The number of fused-ring (bicyclic) bond motifs is 2. The van der Waals surface area contributed by atoms with Crippen molar-refractivity contribution >= 4 is 109 Å². The van der Waals surface area contributed by atoms with Gasteiger partial charge in [0.25, 0.3) is 0 Å². The molecule has 2 aliphatic heterocycles. The lowest BCUT2D eigenvalue weighted by Crippen LogP contribution is -2.55. The van der Waals surface area contributed by atoms with E-state index >= 15 is 0 Å². The van der Waals surface area contributed by atoms with Crippen LogP contribution >= 0.6 is 46.7 Å². The van der Waals surface area contributed by atoms with Crippen LogP contribution in [0.2, 0.25) is 46.8 Å². The number of nitrogens with one attached hydrogen (secondary N) is 4. The molecule has 0 spiro atoms. The molecule has 18 nitrogen and oxygen atoms in total. The molecule has 2 aliphatic rings. The van der Waals surface area contributed by atoms with Crippen LogP contribution in [0.15, 0.2) is 12.7 Å². The molecule has 6 heterocycles. The van der Waals surface area contributed by atoms with E-state index in [1.807, 2.05) is 4.57 Å². The number of hydrogen-bond acceptors (Lipinski definition) is 16. The van der Waals surface area contributed by atoms with Crippen molar-refractivity contribution in [3.05, 3.63) is 23.2 Å². The van der Waals surface area contributed by atoms with Gasteiger partial charge in [-0.1, -0.05) is 41.5 Å². The van der Waals surface area contributed by atoms with Crippen molar-refractivity contribution in [2.45, 2.75) is 123 Å². The minimum Gasteiger partial charge on any atom is -0.410 e. The van der Waals surface area contributed by atoms with Gasteiger partial charge in [-0.15, -0.1) is 23.5 Å². The zero-order chi connectivity index (χ0) is 44.9. The number of thioether (sulfide) groups is 2. The summed E-state index contributed by atoms with van der Waals surface area (Å²) in [6, 6.07) is 0. The molecule has 2 fully saturated rings. The molecule has 0 saturated carbocycles. The maximum atomic E-state index is 13.3. The van der Waals surface area contributed by atoms with Gasteiger partial charge in [-0.3, -0.25) is 18.7 Å². The molecule has 0 bridgehead atoms. The maximum absolute atomic E-state index is 13.3. The average molecular weight is 946 g/mol. The Kier molecular flexibility index (Phi) is 14.6. The van der Waals surface area contributed by atoms with E-state index in [0.717, 1.165) is 11.8 Å². The predicted molar refractivity (Wildman–Crippen MR) is 245 cm³/mol. The number of aliphatic hydroxyl groups is 2. The third-order valence-electron chi connectivity index (χ3n) is 11.7. The van der Waals surface area contributed by atoms with Crippen molar-refractivity contribution in [2.24, 2.45) is 0 Å². The fourth-order valence-electron chi connectivity index (χ4n) is 6.25. The zero-order valence-electron chi connectivity index (χ0n) is 36.5. The van der Waals surface area contributed by atoms with E-state index in [-0.39, 0.29) is 37.8 Å². The fourth-order valence-corrected chi connectivity index (χ4v) is 12.4. The second kappa shape index (κ2) is 18.1. The van der Waals surface area contributed by atoms with Crippen molar-refractivity contribution in [3.63, 3.8) is 0 Å². The Morgan fingerprint density at radius 3 is 1.48 bits per heavy atom. The molecule has 6 N–H and O–H groups in total. The van der Waals surface area contributed by atoms with Gasteiger partial charge in [0, 0.05) is 28.2 Å². The standard InChI is InChI=1S/C24H43ClN6O3SSi2.C12H15ClN6O3S/c1-23(2,3)36(9,10)33-15-16(34-37(11,12)24(4,5)6)21(35-17(15)20(32)27-8)31-13-28-14-18(26-7)29-22(25)30-19(14)31;1-14-8-4-9(18-12(13)17-8)19(3-16-4)11-6(21)5(20)7(23-11)10(22)15-2/h13,15-17,21H,1-12H3,(H,27,32)(H,26,29,30);3,5-7,11,20-21H,1-2H3,(H,15,22)(H,14,17,18). The number of rotatable bonds is 10. The summed E-state index contributed by atoms with van der Waals surface area (Å²) in [5, 5.41) is 29.6. The Labute approximate surface area is 371 Å². The van der Waals surface area contributed by atoms with E-state index < -0.39 is 56.9 Å². The van der Waals surface area contributed by atoms with Gasteiger partial charge in [0.2, 0.25) is 22.4 Å². The smallest absolute Gasteiger partial charge is 0.235 e. The third kappa shape index (κ3) is 9.42. The molecule has 0 aliphatic carbocycles. The first-order valence-corrected chi connectivity index (χ1v) is 27.9. The van der Waals surface area contributed by atoms with E-state index in [9.17, 15) is 19.8 Å². The quantitative estimate of drug-likeness (QED) is 0.0880. The van der Waals surface area contributed by atoms with Crippen LogP contribution in [0.25, 0.3) is 22.3 Å². The number of halogens is 2. The van der Waals surface area contributed by atoms with Crippen LogP contribution in [0.1, 0.15) is 52.3 Å².